The third-order valence-electron chi connectivity index (χ3n) is 6.08. The summed E-state index contributed by atoms with van der Waals surface area (Å²) in [5, 5.41) is 21.9. The van der Waals surface area contributed by atoms with Crippen molar-refractivity contribution >= 4 is 0 Å². The highest BCUT2D eigenvalue weighted by Crippen LogP contribution is 2.46. The van der Waals surface area contributed by atoms with Crippen molar-refractivity contribution in [3.8, 4) is 11.5 Å². The lowest BCUT2D eigenvalue weighted by Gasteiger charge is -2.30. The molecular formula is C26H32O2. The molecule has 2 nitrogen and oxygen atoms in total. The number of benzene rings is 2. The summed E-state index contributed by atoms with van der Waals surface area (Å²) in [5.74, 6) is 1.04. The van der Waals surface area contributed by atoms with Crippen molar-refractivity contribution in [2.75, 3.05) is 0 Å². The van der Waals surface area contributed by atoms with Gasteiger partial charge in [-0.3, -0.25) is 0 Å². The second-order valence-corrected chi connectivity index (χ2v) is 8.57. The molecule has 1 unspecified atom stereocenters. The molecule has 0 amide bonds. The second-order valence-electron chi connectivity index (χ2n) is 8.57. The first-order chi connectivity index (χ1) is 13.2. The van der Waals surface area contributed by atoms with Crippen LogP contribution in [0.4, 0.5) is 0 Å². The van der Waals surface area contributed by atoms with E-state index in [1.807, 2.05) is 26.0 Å². The van der Waals surface area contributed by atoms with Gasteiger partial charge in [0, 0.05) is 17.0 Å². The maximum Gasteiger partial charge on any atom is 0.122 e. The van der Waals surface area contributed by atoms with Gasteiger partial charge in [-0.2, -0.15) is 0 Å². The van der Waals surface area contributed by atoms with Crippen molar-refractivity contribution in [3.63, 3.8) is 0 Å². The molecule has 1 atom stereocenters. The third-order valence-corrected chi connectivity index (χ3v) is 6.08. The summed E-state index contributed by atoms with van der Waals surface area (Å²) in [6, 6.07) is 8.14. The van der Waals surface area contributed by atoms with E-state index >= 15 is 0 Å². The summed E-state index contributed by atoms with van der Waals surface area (Å²) in [5.41, 5.74) is 8.27. The molecule has 0 bridgehead atoms. The van der Waals surface area contributed by atoms with Gasteiger partial charge in [0.2, 0.25) is 0 Å². The van der Waals surface area contributed by atoms with Crippen LogP contribution in [-0.4, -0.2) is 10.2 Å². The number of aromatic hydroxyl groups is 2. The Morgan fingerprint density at radius 2 is 1.43 bits per heavy atom. The molecule has 2 N–H and O–H groups in total. The molecule has 0 aromatic heterocycles. The first-order valence-corrected chi connectivity index (χ1v) is 10.1. The Morgan fingerprint density at radius 1 is 0.929 bits per heavy atom. The first-order valence-electron chi connectivity index (χ1n) is 10.1. The molecular weight excluding hydrogens is 344 g/mol. The van der Waals surface area contributed by atoms with E-state index in [2.05, 4.69) is 45.6 Å². The van der Waals surface area contributed by atoms with Crippen LogP contribution in [0.3, 0.4) is 0 Å². The lowest BCUT2D eigenvalue weighted by molar-refractivity contribution is 0.449. The molecule has 28 heavy (non-hydrogen) atoms. The molecule has 0 radical (unpaired) electrons. The van der Waals surface area contributed by atoms with Gasteiger partial charge in [-0.15, -0.1) is 0 Å². The summed E-state index contributed by atoms with van der Waals surface area (Å²) >= 11 is 0. The van der Waals surface area contributed by atoms with E-state index in [0.717, 1.165) is 52.6 Å². The van der Waals surface area contributed by atoms with Crippen LogP contribution >= 0.6 is 0 Å². The predicted octanol–water partition coefficient (Wildman–Crippen LogP) is 6.77. The molecule has 0 saturated heterocycles. The summed E-state index contributed by atoms with van der Waals surface area (Å²) in [6.07, 6.45) is 5.29. The number of rotatable bonds is 4. The van der Waals surface area contributed by atoms with Crippen molar-refractivity contribution in [1.29, 1.82) is 0 Å². The Morgan fingerprint density at radius 3 is 1.82 bits per heavy atom. The number of phenolic OH excluding ortho intramolecular Hbond substituents is 2. The summed E-state index contributed by atoms with van der Waals surface area (Å²) < 4.78 is 0. The predicted molar refractivity (Wildman–Crippen MR) is 117 cm³/mol. The lowest BCUT2D eigenvalue weighted by atomic mass is 9.75. The molecule has 148 valence electrons. The SMILES string of the molecule is C=C(C)C1CC=C(C(c2cc(C)cc(C)c2O)c2cc(C)cc(C)c2O)CC1. The minimum absolute atomic E-state index is 0.136. The van der Waals surface area contributed by atoms with Crippen LogP contribution in [0, 0.1) is 33.6 Å². The lowest BCUT2D eigenvalue weighted by Crippen LogP contribution is -2.14. The molecule has 0 spiro atoms. The Kier molecular flexibility index (Phi) is 5.69. The molecule has 1 aliphatic rings. The van der Waals surface area contributed by atoms with Crippen LogP contribution in [0.2, 0.25) is 0 Å². The fraction of sp³-hybridized carbons (Fsp3) is 0.385. The first kappa shape index (κ1) is 20.3. The molecule has 2 aromatic carbocycles. The van der Waals surface area contributed by atoms with E-state index in [-0.39, 0.29) is 5.92 Å². The normalized spacial score (nSPS) is 16.9. The Labute approximate surface area is 169 Å². The third kappa shape index (κ3) is 3.87. The van der Waals surface area contributed by atoms with Crippen LogP contribution in [0.15, 0.2) is 48.1 Å². The van der Waals surface area contributed by atoms with Gasteiger partial charge in [-0.25, -0.2) is 0 Å². The van der Waals surface area contributed by atoms with Crippen molar-refractivity contribution in [2.24, 2.45) is 5.92 Å². The minimum Gasteiger partial charge on any atom is -0.507 e. The van der Waals surface area contributed by atoms with Gasteiger partial charge >= 0.3 is 0 Å². The highest BCUT2D eigenvalue weighted by Gasteiger charge is 2.29. The standard InChI is InChI=1S/C26H32O2/c1-15(2)20-7-9-21(10-8-20)24(22-13-16(3)11-18(5)25(22)27)23-14-17(4)12-19(6)26(23)28/h9,11-14,20,24,27-28H,1,7-8,10H2,2-6H3. The summed E-state index contributed by atoms with van der Waals surface area (Å²) in [7, 11) is 0. The second kappa shape index (κ2) is 7.87. The van der Waals surface area contributed by atoms with Gasteiger partial charge < -0.3 is 10.2 Å². The van der Waals surface area contributed by atoms with Crippen LogP contribution in [0.1, 0.15) is 65.5 Å². The highest BCUT2D eigenvalue weighted by molar-refractivity contribution is 5.57. The van der Waals surface area contributed by atoms with Crippen molar-refractivity contribution in [1.82, 2.24) is 0 Å². The average Bonchev–Trinajstić information content (AvgIpc) is 2.63. The largest absolute Gasteiger partial charge is 0.507 e. The summed E-state index contributed by atoms with van der Waals surface area (Å²) in [6.45, 7) is 14.2. The molecule has 0 saturated carbocycles. The van der Waals surface area contributed by atoms with E-state index < -0.39 is 0 Å². The highest BCUT2D eigenvalue weighted by atomic mass is 16.3. The minimum atomic E-state index is -0.136. The number of allylic oxidation sites excluding steroid dienone is 3. The monoisotopic (exact) mass is 376 g/mol. The van der Waals surface area contributed by atoms with Gasteiger partial charge in [0.05, 0.1) is 0 Å². The Bertz CT molecular complexity index is 892. The maximum atomic E-state index is 10.9. The summed E-state index contributed by atoms with van der Waals surface area (Å²) in [4.78, 5) is 0. The number of aryl methyl sites for hydroxylation is 4. The van der Waals surface area contributed by atoms with Crippen LogP contribution in [0.25, 0.3) is 0 Å². The molecule has 0 fully saturated rings. The quantitative estimate of drug-likeness (QED) is 0.578. The zero-order chi connectivity index (χ0) is 20.6. The number of hydrogen-bond acceptors (Lipinski definition) is 2. The molecule has 2 aromatic rings. The van der Waals surface area contributed by atoms with Gasteiger partial charge in [0.1, 0.15) is 11.5 Å². The molecule has 3 rings (SSSR count). The molecule has 0 aliphatic heterocycles. The van der Waals surface area contributed by atoms with Gasteiger partial charge in [0.25, 0.3) is 0 Å². The molecule has 2 heteroatoms. The Balaban J connectivity index is 2.21. The van der Waals surface area contributed by atoms with E-state index in [9.17, 15) is 10.2 Å². The van der Waals surface area contributed by atoms with E-state index in [1.165, 1.54) is 11.1 Å². The van der Waals surface area contributed by atoms with Crippen LogP contribution in [-0.2, 0) is 0 Å². The van der Waals surface area contributed by atoms with E-state index in [0.29, 0.717) is 17.4 Å². The molecule has 1 aliphatic carbocycles. The zero-order valence-corrected chi connectivity index (χ0v) is 17.8. The topological polar surface area (TPSA) is 40.5 Å². The Hall–Kier alpha value is -2.48. The van der Waals surface area contributed by atoms with Crippen molar-refractivity contribution in [2.45, 2.75) is 59.8 Å². The van der Waals surface area contributed by atoms with Crippen molar-refractivity contribution < 1.29 is 10.2 Å². The van der Waals surface area contributed by atoms with E-state index in [1.54, 1.807) is 0 Å². The van der Waals surface area contributed by atoms with Gasteiger partial charge in [-0.05, 0) is 70.9 Å². The van der Waals surface area contributed by atoms with Crippen molar-refractivity contribution in [3.05, 3.63) is 81.4 Å². The zero-order valence-electron chi connectivity index (χ0n) is 17.8. The van der Waals surface area contributed by atoms with E-state index in [4.69, 9.17) is 0 Å². The molecule has 0 heterocycles. The number of phenols is 2. The average molecular weight is 377 g/mol. The van der Waals surface area contributed by atoms with Gasteiger partial charge in [-0.1, -0.05) is 59.2 Å². The number of hydrogen-bond donors (Lipinski definition) is 2. The van der Waals surface area contributed by atoms with Crippen LogP contribution in [0.5, 0.6) is 11.5 Å². The fourth-order valence-corrected chi connectivity index (χ4v) is 4.56. The van der Waals surface area contributed by atoms with Crippen LogP contribution < -0.4 is 0 Å². The fourth-order valence-electron chi connectivity index (χ4n) is 4.56. The van der Waals surface area contributed by atoms with Gasteiger partial charge in [0.15, 0.2) is 0 Å². The smallest absolute Gasteiger partial charge is 0.122 e. The maximum absolute atomic E-state index is 10.9.